The highest BCUT2D eigenvalue weighted by Gasteiger charge is 2.61. The van der Waals surface area contributed by atoms with Crippen LogP contribution in [0.1, 0.15) is 52.4 Å². The van der Waals surface area contributed by atoms with Crippen LogP contribution in [0, 0.1) is 11.3 Å². The number of rotatable bonds is 4. The second-order valence-electron chi connectivity index (χ2n) is 8.61. The van der Waals surface area contributed by atoms with E-state index in [1.54, 1.807) is 0 Å². The molecule has 0 bridgehead atoms. The Labute approximate surface area is 155 Å². The van der Waals surface area contributed by atoms with Gasteiger partial charge in [-0.05, 0) is 62.5 Å². The number of aliphatic hydroxyl groups is 5. The highest BCUT2D eigenvalue weighted by atomic mass is 16.4. The van der Waals surface area contributed by atoms with Crippen LogP contribution in [0.2, 0.25) is 0 Å². The summed E-state index contributed by atoms with van der Waals surface area (Å²) in [5.41, 5.74) is 1.28. The molecular weight excluding hydrogens is 332 g/mol. The molecule has 3 aliphatic carbocycles. The Balaban J connectivity index is 1.89. The molecule has 0 aromatic carbocycles. The van der Waals surface area contributed by atoms with Crippen LogP contribution in [-0.2, 0) is 0 Å². The fourth-order valence-corrected chi connectivity index (χ4v) is 5.31. The van der Waals surface area contributed by atoms with Crippen molar-refractivity contribution < 1.29 is 25.5 Å². The third-order valence-corrected chi connectivity index (χ3v) is 7.05. The minimum Gasteiger partial charge on any atom is -0.394 e. The maximum Gasteiger partial charge on any atom is 0.106 e. The van der Waals surface area contributed by atoms with Crippen molar-refractivity contribution in [3.8, 4) is 0 Å². The largest absolute Gasteiger partial charge is 0.394 e. The minimum absolute atomic E-state index is 0.0165. The Morgan fingerprint density at radius 1 is 1.27 bits per heavy atom. The summed E-state index contributed by atoms with van der Waals surface area (Å²) >= 11 is 0. The van der Waals surface area contributed by atoms with Gasteiger partial charge in [-0.2, -0.15) is 0 Å². The number of hydrogen-bond donors (Lipinski definition) is 5. The van der Waals surface area contributed by atoms with Crippen molar-refractivity contribution in [2.45, 2.75) is 76.3 Å². The molecule has 26 heavy (non-hydrogen) atoms. The molecule has 0 unspecified atom stereocenters. The van der Waals surface area contributed by atoms with Crippen molar-refractivity contribution in [1.29, 1.82) is 0 Å². The van der Waals surface area contributed by atoms with Gasteiger partial charge in [0.15, 0.2) is 0 Å². The van der Waals surface area contributed by atoms with E-state index in [0.29, 0.717) is 25.7 Å². The van der Waals surface area contributed by atoms with Crippen LogP contribution < -0.4 is 0 Å². The van der Waals surface area contributed by atoms with Gasteiger partial charge in [0.1, 0.15) is 6.10 Å². The summed E-state index contributed by atoms with van der Waals surface area (Å²) < 4.78 is 0. The Bertz CT molecular complexity index is 636. The molecule has 0 radical (unpaired) electrons. The lowest BCUT2D eigenvalue weighted by atomic mass is 9.61. The van der Waals surface area contributed by atoms with Crippen molar-refractivity contribution in [1.82, 2.24) is 0 Å². The summed E-state index contributed by atoms with van der Waals surface area (Å²) in [5.74, 6) is 0.0165. The summed E-state index contributed by atoms with van der Waals surface area (Å²) in [6.07, 6.45) is 7.47. The number of aliphatic hydroxyl groups excluding tert-OH is 4. The van der Waals surface area contributed by atoms with E-state index < -0.39 is 29.8 Å². The Kier molecular flexibility index (Phi) is 5.48. The molecule has 146 valence electrons. The lowest BCUT2D eigenvalue weighted by Crippen LogP contribution is -2.56. The molecule has 6 atom stereocenters. The zero-order chi connectivity index (χ0) is 19.1. The maximum atomic E-state index is 11.1. The summed E-state index contributed by atoms with van der Waals surface area (Å²) in [6.45, 7) is 3.50. The summed E-state index contributed by atoms with van der Waals surface area (Å²) in [5, 5.41) is 51.1. The maximum absolute atomic E-state index is 11.1. The van der Waals surface area contributed by atoms with Crippen LogP contribution in [-0.4, -0.2) is 56.1 Å². The van der Waals surface area contributed by atoms with Crippen molar-refractivity contribution in [2.24, 2.45) is 11.3 Å². The molecule has 3 aliphatic rings. The number of hydrogen-bond acceptors (Lipinski definition) is 5. The van der Waals surface area contributed by atoms with E-state index in [9.17, 15) is 25.5 Å². The molecule has 0 saturated heterocycles. The van der Waals surface area contributed by atoms with Gasteiger partial charge in [-0.15, -0.1) is 0 Å². The molecule has 0 aromatic rings. The van der Waals surface area contributed by atoms with Crippen molar-refractivity contribution in [3.63, 3.8) is 0 Å². The zero-order valence-electron chi connectivity index (χ0n) is 15.7. The molecule has 1 fully saturated rings. The molecule has 1 saturated carbocycles. The van der Waals surface area contributed by atoms with E-state index >= 15 is 0 Å². The molecule has 0 heterocycles. The minimum atomic E-state index is -1.41. The standard InChI is InChI=1S/C21H32O5/c1-13-3-6-16(23)9-14(13)4-5-15-10-17(24)11-20(2)18(15)7-8-21(20,26)19(25)12-22/h4-5,10,16-19,22-26H,3,6-9,11-12H2,1-2H3/b5-4+/t16-,17-,18-,19+,20-,21-/m0/s1. The quantitative estimate of drug-likeness (QED) is 0.522. The third-order valence-electron chi connectivity index (χ3n) is 7.05. The van der Waals surface area contributed by atoms with Crippen molar-refractivity contribution in [3.05, 3.63) is 34.9 Å². The topological polar surface area (TPSA) is 101 Å². The van der Waals surface area contributed by atoms with E-state index in [-0.39, 0.29) is 12.0 Å². The molecule has 5 nitrogen and oxygen atoms in total. The summed E-state index contributed by atoms with van der Waals surface area (Å²) in [6, 6.07) is 0. The fraction of sp³-hybridized carbons (Fsp3) is 0.714. The lowest BCUT2D eigenvalue weighted by molar-refractivity contribution is -0.165. The van der Waals surface area contributed by atoms with Gasteiger partial charge in [0.05, 0.1) is 24.4 Å². The second kappa shape index (κ2) is 7.21. The first-order valence-corrected chi connectivity index (χ1v) is 9.67. The zero-order valence-corrected chi connectivity index (χ0v) is 15.7. The Morgan fingerprint density at radius 2 is 2.00 bits per heavy atom. The van der Waals surface area contributed by atoms with E-state index in [0.717, 1.165) is 24.0 Å². The van der Waals surface area contributed by atoms with Gasteiger partial charge in [0.2, 0.25) is 0 Å². The molecule has 0 amide bonds. The molecule has 0 aliphatic heterocycles. The van der Waals surface area contributed by atoms with Crippen LogP contribution in [0.4, 0.5) is 0 Å². The van der Waals surface area contributed by atoms with Crippen molar-refractivity contribution >= 4 is 0 Å². The van der Waals surface area contributed by atoms with Gasteiger partial charge < -0.3 is 25.5 Å². The molecular formula is C21H32O5. The smallest absolute Gasteiger partial charge is 0.106 e. The van der Waals surface area contributed by atoms with Crippen LogP contribution in [0.5, 0.6) is 0 Å². The Hall–Kier alpha value is -0.980. The van der Waals surface area contributed by atoms with E-state index in [2.05, 4.69) is 6.92 Å². The molecule has 5 N–H and O–H groups in total. The number of allylic oxidation sites excluding steroid dienone is 4. The average Bonchev–Trinajstić information content (AvgIpc) is 2.86. The summed E-state index contributed by atoms with van der Waals surface area (Å²) in [4.78, 5) is 0. The first-order valence-electron chi connectivity index (χ1n) is 9.67. The number of fused-ring (bicyclic) bond motifs is 1. The van der Waals surface area contributed by atoms with Gasteiger partial charge >= 0.3 is 0 Å². The molecule has 5 heteroatoms. The SMILES string of the molecule is CC1=C(/C=C/C2=C[C@H](O)C[C@@]3(C)[C@H]2CC[C@]3(O)[C@H](O)CO)C[C@@H](O)CC1. The predicted molar refractivity (Wildman–Crippen MR) is 99.3 cm³/mol. The van der Waals surface area contributed by atoms with E-state index in [1.807, 2.05) is 25.2 Å². The van der Waals surface area contributed by atoms with Crippen LogP contribution >= 0.6 is 0 Å². The average molecular weight is 364 g/mol. The highest BCUT2D eigenvalue weighted by molar-refractivity contribution is 5.38. The van der Waals surface area contributed by atoms with Crippen LogP contribution in [0.3, 0.4) is 0 Å². The fourth-order valence-electron chi connectivity index (χ4n) is 5.31. The van der Waals surface area contributed by atoms with E-state index in [1.165, 1.54) is 5.57 Å². The highest BCUT2D eigenvalue weighted by Crippen LogP contribution is 2.59. The van der Waals surface area contributed by atoms with Gasteiger partial charge in [0, 0.05) is 5.41 Å². The van der Waals surface area contributed by atoms with Gasteiger partial charge in [-0.3, -0.25) is 0 Å². The molecule has 3 rings (SSSR count). The van der Waals surface area contributed by atoms with Gasteiger partial charge in [-0.1, -0.05) is 30.7 Å². The van der Waals surface area contributed by atoms with Crippen LogP contribution in [0.15, 0.2) is 34.9 Å². The second-order valence-corrected chi connectivity index (χ2v) is 8.61. The Morgan fingerprint density at radius 3 is 2.69 bits per heavy atom. The normalized spacial score (nSPS) is 42.1. The lowest BCUT2D eigenvalue weighted by Gasteiger charge is -2.48. The third kappa shape index (κ3) is 3.20. The van der Waals surface area contributed by atoms with Crippen molar-refractivity contribution in [2.75, 3.05) is 6.61 Å². The van der Waals surface area contributed by atoms with E-state index in [4.69, 9.17) is 0 Å². The van der Waals surface area contributed by atoms with Gasteiger partial charge in [0.25, 0.3) is 0 Å². The van der Waals surface area contributed by atoms with Gasteiger partial charge in [-0.25, -0.2) is 0 Å². The molecule has 0 spiro atoms. The first-order chi connectivity index (χ1) is 12.2. The monoisotopic (exact) mass is 364 g/mol. The first kappa shape index (κ1) is 19.8. The summed E-state index contributed by atoms with van der Waals surface area (Å²) in [7, 11) is 0. The predicted octanol–water partition coefficient (Wildman–Crippen LogP) is 1.60. The van der Waals surface area contributed by atoms with Crippen LogP contribution in [0.25, 0.3) is 0 Å². The molecule has 0 aromatic heterocycles.